The van der Waals surface area contributed by atoms with E-state index in [4.69, 9.17) is 0 Å². The Kier molecular flexibility index (Phi) is 7.08. The molecule has 2 aromatic heterocycles. The molecule has 0 saturated carbocycles. The van der Waals surface area contributed by atoms with Gasteiger partial charge in [-0.3, -0.25) is 4.79 Å². The van der Waals surface area contributed by atoms with Crippen LogP contribution >= 0.6 is 11.3 Å². The average Bonchev–Trinajstić information content (AvgIpc) is 3.38. The van der Waals surface area contributed by atoms with Crippen LogP contribution in [0.3, 0.4) is 0 Å². The van der Waals surface area contributed by atoms with E-state index in [9.17, 15) is 4.79 Å². The van der Waals surface area contributed by atoms with Crippen LogP contribution in [0.1, 0.15) is 24.3 Å². The van der Waals surface area contributed by atoms with Crippen molar-refractivity contribution in [3.8, 4) is 0 Å². The van der Waals surface area contributed by atoms with Gasteiger partial charge in [-0.25, -0.2) is 9.98 Å². The Balaban J connectivity index is 1.69. The van der Waals surface area contributed by atoms with Crippen LogP contribution in [0.5, 0.6) is 0 Å². The van der Waals surface area contributed by atoms with E-state index in [1.165, 1.54) is 4.88 Å². The third-order valence-corrected chi connectivity index (χ3v) is 6.16. The topological polar surface area (TPSA) is 65.8 Å². The van der Waals surface area contributed by atoms with Crippen LogP contribution in [0.2, 0.25) is 0 Å². The third kappa shape index (κ3) is 5.34. The summed E-state index contributed by atoms with van der Waals surface area (Å²) in [7, 11) is 3.53. The first-order chi connectivity index (χ1) is 13.5. The maximum Gasteiger partial charge on any atom is 0.243 e. The number of thiophene rings is 1. The lowest BCUT2D eigenvalue weighted by Gasteiger charge is -2.39. The van der Waals surface area contributed by atoms with E-state index in [-0.39, 0.29) is 12.5 Å². The predicted octanol–water partition coefficient (Wildman–Crippen LogP) is 2.10. The highest BCUT2D eigenvalue weighted by molar-refractivity contribution is 7.09. The molecule has 2 unspecified atom stereocenters. The summed E-state index contributed by atoms with van der Waals surface area (Å²) in [6, 6.07) is 4.58. The number of nitrogens with one attached hydrogen (secondary N) is 1. The fourth-order valence-electron chi connectivity index (χ4n) is 3.40. The summed E-state index contributed by atoms with van der Waals surface area (Å²) in [6.45, 7) is 5.05. The van der Waals surface area contributed by atoms with E-state index in [1.807, 2.05) is 18.7 Å². The van der Waals surface area contributed by atoms with E-state index < -0.39 is 0 Å². The van der Waals surface area contributed by atoms with Crippen LogP contribution in [-0.4, -0.2) is 71.5 Å². The maximum atomic E-state index is 12.1. The second-order valence-corrected chi connectivity index (χ2v) is 8.51. The summed E-state index contributed by atoms with van der Waals surface area (Å²) < 4.78 is 2.19. The standard InChI is InChI=1S/C20H30N6OS/c1-16-7-10-25(14-18(16)26-11-9-21-15-26)20(23-13-19(27)24(2)3)22-8-6-17-5-4-12-28-17/h4-5,9,11-12,15-16,18H,6-8,10,13-14H2,1-3H3,(H,22,23). The lowest BCUT2D eigenvalue weighted by Crippen LogP contribution is -2.49. The highest BCUT2D eigenvalue weighted by atomic mass is 32.1. The molecular formula is C20H30N6OS. The normalized spacial score (nSPS) is 20.2. The van der Waals surface area contributed by atoms with Gasteiger partial charge in [0.2, 0.25) is 5.91 Å². The Morgan fingerprint density at radius 3 is 3.00 bits per heavy atom. The molecule has 0 bridgehead atoms. The average molecular weight is 403 g/mol. The molecule has 0 aromatic carbocycles. The van der Waals surface area contributed by atoms with Crippen molar-refractivity contribution in [2.24, 2.45) is 10.9 Å². The first-order valence-corrected chi connectivity index (χ1v) is 10.7. The smallest absolute Gasteiger partial charge is 0.243 e. The van der Waals surface area contributed by atoms with Crippen LogP contribution in [0, 0.1) is 5.92 Å². The molecule has 3 heterocycles. The SMILES string of the molecule is CC1CCN(C(=NCC(=O)N(C)C)NCCc2cccs2)CC1n1ccnc1. The Bertz CT molecular complexity index is 756. The van der Waals surface area contributed by atoms with Crippen LogP contribution in [0.15, 0.2) is 41.2 Å². The summed E-state index contributed by atoms with van der Waals surface area (Å²) in [6.07, 6.45) is 7.78. The predicted molar refractivity (Wildman–Crippen MR) is 114 cm³/mol. The molecule has 1 aliphatic rings. The molecule has 2 atom stereocenters. The number of likely N-dealkylation sites (N-methyl/N-ethyl adjacent to an activating group) is 1. The molecule has 8 heteroatoms. The minimum Gasteiger partial charge on any atom is -0.356 e. The van der Waals surface area contributed by atoms with Gasteiger partial charge in [0.15, 0.2) is 5.96 Å². The van der Waals surface area contributed by atoms with Gasteiger partial charge in [-0.15, -0.1) is 11.3 Å². The molecular weight excluding hydrogens is 372 g/mol. The highest BCUT2D eigenvalue weighted by Gasteiger charge is 2.29. The van der Waals surface area contributed by atoms with Gasteiger partial charge in [-0.1, -0.05) is 13.0 Å². The summed E-state index contributed by atoms with van der Waals surface area (Å²) in [5.74, 6) is 1.40. The van der Waals surface area contributed by atoms with Crippen molar-refractivity contribution >= 4 is 23.2 Å². The molecule has 2 aromatic rings. The van der Waals surface area contributed by atoms with Crippen LogP contribution in [-0.2, 0) is 11.2 Å². The number of guanidine groups is 1. The molecule has 152 valence electrons. The van der Waals surface area contributed by atoms with Crippen molar-refractivity contribution < 1.29 is 4.79 Å². The van der Waals surface area contributed by atoms with E-state index in [0.29, 0.717) is 12.0 Å². The Morgan fingerprint density at radius 2 is 2.32 bits per heavy atom. The number of carbonyl (C=O) groups excluding carboxylic acids is 1. The lowest BCUT2D eigenvalue weighted by molar-refractivity contribution is -0.127. The maximum absolute atomic E-state index is 12.1. The summed E-state index contributed by atoms with van der Waals surface area (Å²) in [4.78, 5) is 26.1. The first kappa shape index (κ1) is 20.4. The van der Waals surface area contributed by atoms with Crippen molar-refractivity contribution in [2.45, 2.75) is 25.8 Å². The number of aromatic nitrogens is 2. The number of piperidine rings is 1. The number of hydrogen-bond donors (Lipinski definition) is 1. The van der Waals surface area contributed by atoms with Gasteiger partial charge in [0.1, 0.15) is 6.54 Å². The van der Waals surface area contributed by atoms with Crippen LogP contribution in [0.4, 0.5) is 0 Å². The second kappa shape index (κ2) is 9.73. The van der Waals surface area contributed by atoms with E-state index >= 15 is 0 Å². The highest BCUT2D eigenvalue weighted by Crippen LogP contribution is 2.27. The number of aliphatic imine (C=N–C) groups is 1. The molecule has 7 nitrogen and oxygen atoms in total. The van der Waals surface area contributed by atoms with Gasteiger partial charge in [-0.2, -0.15) is 0 Å². The molecule has 1 aliphatic heterocycles. The van der Waals surface area contributed by atoms with E-state index in [1.54, 1.807) is 30.3 Å². The fraction of sp³-hybridized carbons (Fsp3) is 0.550. The fourth-order valence-corrected chi connectivity index (χ4v) is 4.11. The van der Waals surface area contributed by atoms with Crippen LogP contribution < -0.4 is 5.32 Å². The molecule has 28 heavy (non-hydrogen) atoms. The monoisotopic (exact) mass is 402 g/mol. The molecule has 0 spiro atoms. The summed E-state index contributed by atoms with van der Waals surface area (Å²) in [5.41, 5.74) is 0. The van der Waals surface area contributed by atoms with Gasteiger partial charge < -0.3 is 19.7 Å². The van der Waals surface area contributed by atoms with Crippen molar-refractivity contribution in [1.82, 2.24) is 24.7 Å². The number of carbonyl (C=O) groups is 1. The minimum atomic E-state index is 0.00842. The number of likely N-dealkylation sites (tertiary alicyclic amines) is 1. The van der Waals surface area contributed by atoms with E-state index in [0.717, 1.165) is 38.4 Å². The van der Waals surface area contributed by atoms with Gasteiger partial charge in [-0.05, 0) is 30.2 Å². The van der Waals surface area contributed by atoms with Gasteiger partial charge in [0.25, 0.3) is 0 Å². The first-order valence-electron chi connectivity index (χ1n) is 9.78. The zero-order valence-electron chi connectivity index (χ0n) is 16.9. The number of hydrogen-bond acceptors (Lipinski definition) is 4. The van der Waals surface area contributed by atoms with Gasteiger partial charge in [0.05, 0.1) is 12.4 Å². The number of imidazole rings is 1. The second-order valence-electron chi connectivity index (χ2n) is 7.47. The summed E-state index contributed by atoms with van der Waals surface area (Å²) in [5, 5.41) is 5.59. The van der Waals surface area contributed by atoms with E-state index in [2.05, 4.69) is 49.2 Å². The van der Waals surface area contributed by atoms with Crippen molar-refractivity contribution in [3.63, 3.8) is 0 Å². The summed E-state index contributed by atoms with van der Waals surface area (Å²) >= 11 is 1.77. The minimum absolute atomic E-state index is 0.00842. The Morgan fingerprint density at radius 1 is 1.46 bits per heavy atom. The zero-order chi connectivity index (χ0) is 19.9. The number of rotatable bonds is 6. The molecule has 1 N–H and O–H groups in total. The molecule has 0 radical (unpaired) electrons. The van der Waals surface area contributed by atoms with Crippen LogP contribution in [0.25, 0.3) is 0 Å². The van der Waals surface area contributed by atoms with Crippen molar-refractivity contribution in [1.29, 1.82) is 0 Å². The van der Waals surface area contributed by atoms with Crippen molar-refractivity contribution in [3.05, 3.63) is 41.1 Å². The molecule has 3 rings (SSSR count). The Hall–Kier alpha value is -2.35. The number of nitrogens with zero attached hydrogens (tertiary/aromatic N) is 5. The quantitative estimate of drug-likeness (QED) is 0.594. The Labute approximate surface area is 171 Å². The zero-order valence-corrected chi connectivity index (χ0v) is 17.7. The van der Waals surface area contributed by atoms with Gasteiger partial charge in [0, 0.05) is 51.0 Å². The molecule has 1 amide bonds. The molecule has 1 saturated heterocycles. The number of amides is 1. The van der Waals surface area contributed by atoms with Gasteiger partial charge >= 0.3 is 0 Å². The lowest BCUT2D eigenvalue weighted by atomic mass is 9.93. The van der Waals surface area contributed by atoms with Crippen molar-refractivity contribution in [2.75, 3.05) is 40.3 Å². The largest absolute Gasteiger partial charge is 0.356 e. The molecule has 1 fully saturated rings. The third-order valence-electron chi connectivity index (χ3n) is 5.22. The molecule has 0 aliphatic carbocycles.